The monoisotopic (exact) mass is 261 g/mol. The summed E-state index contributed by atoms with van der Waals surface area (Å²) in [5.41, 5.74) is 6.60. The Morgan fingerprint density at radius 2 is 2.11 bits per heavy atom. The molecule has 2 heterocycles. The van der Waals surface area contributed by atoms with Crippen LogP contribution in [0.4, 0.5) is 0 Å². The third-order valence-electron chi connectivity index (χ3n) is 3.72. The highest BCUT2D eigenvalue weighted by atomic mass is 16.5. The van der Waals surface area contributed by atoms with E-state index in [4.69, 9.17) is 10.3 Å². The van der Waals surface area contributed by atoms with Crippen LogP contribution in [0.2, 0.25) is 0 Å². The van der Waals surface area contributed by atoms with Crippen LogP contribution in [-0.2, 0) is 5.54 Å². The van der Waals surface area contributed by atoms with Crippen LogP contribution in [0.1, 0.15) is 51.4 Å². The maximum atomic E-state index is 6.31. The van der Waals surface area contributed by atoms with Gasteiger partial charge in [0.1, 0.15) is 0 Å². The van der Waals surface area contributed by atoms with Crippen molar-refractivity contribution in [3.8, 4) is 11.6 Å². The van der Waals surface area contributed by atoms with Gasteiger partial charge < -0.3 is 10.3 Å². The van der Waals surface area contributed by atoms with E-state index in [0.717, 1.165) is 25.7 Å². The first-order chi connectivity index (χ1) is 9.08. The first-order valence-electron chi connectivity index (χ1n) is 6.77. The van der Waals surface area contributed by atoms with Crippen molar-refractivity contribution in [1.29, 1.82) is 0 Å². The van der Waals surface area contributed by atoms with E-state index < -0.39 is 5.54 Å². The van der Waals surface area contributed by atoms with Crippen molar-refractivity contribution in [2.24, 2.45) is 5.73 Å². The molecule has 0 amide bonds. The Bertz CT molecular complexity index is 565. The van der Waals surface area contributed by atoms with Gasteiger partial charge in [-0.25, -0.2) is 0 Å². The Hall–Kier alpha value is -1.69. The number of hydrogen-bond donors (Lipinski definition) is 1. The van der Waals surface area contributed by atoms with Gasteiger partial charge in [-0.15, -0.1) is 0 Å². The quantitative estimate of drug-likeness (QED) is 0.916. The van der Waals surface area contributed by atoms with Crippen molar-refractivity contribution < 1.29 is 4.52 Å². The normalized spacial score (nSPS) is 18.3. The minimum Gasteiger partial charge on any atom is -0.332 e. The van der Waals surface area contributed by atoms with Crippen LogP contribution in [0.25, 0.3) is 11.6 Å². The Morgan fingerprint density at radius 1 is 1.37 bits per heavy atom. The topological polar surface area (TPSA) is 82.8 Å². The van der Waals surface area contributed by atoms with Gasteiger partial charge in [-0.05, 0) is 32.8 Å². The number of rotatable bonds is 3. The SMILES string of the molecule is CC(C)n1ccc(-c2nc(C3(N)CCCC3)no2)n1. The van der Waals surface area contributed by atoms with Gasteiger partial charge in [0, 0.05) is 12.2 Å². The van der Waals surface area contributed by atoms with Crippen molar-refractivity contribution in [2.75, 3.05) is 0 Å². The molecule has 6 heteroatoms. The number of nitrogens with zero attached hydrogens (tertiary/aromatic N) is 4. The second kappa shape index (κ2) is 4.45. The second-order valence-electron chi connectivity index (χ2n) is 5.56. The Labute approximate surface area is 112 Å². The highest BCUT2D eigenvalue weighted by Gasteiger charge is 2.36. The van der Waals surface area contributed by atoms with Crippen LogP contribution in [0, 0.1) is 0 Å². The van der Waals surface area contributed by atoms with E-state index in [1.165, 1.54) is 0 Å². The van der Waals surface area contributed by atoms with Gasteiger partial charge >= 0.3 is 0 Å². The fourth-order valence-corrected chi connectivity index (χ4v) is 2.50. The predicted octanol–water partition coefficient (Wildman–Crippen LogP) is 2.24. The van der Waals surface area contributed by atoms with E-state index in [9.17, 15) is 0 Å². The molecule has 0 bridgehead atoms. The summed E-state index contributed by atoms with van der Waals surface area (Å²) >= 11 is 0. The molecule has 0 radical (unpaired) electrons. The summed E-state index contributed by atoms with van der Waals surface area (Å²) in [7, 11) is 0. The molecule has 0 atom stereocenters. The van der Waals surface area contributed by atoms with Gasteiger partial charge in [-0.2, -0.15) is 10.1 Å². The Morgan fingerprint density at radius 3 is 2.74 bits per heavy atom. The lowest BCUT2D eigenvalue weighted by Crippen LogP contribution is -2.34. The van der Waals surface area contributed by atoms with Crippen molar-refractivity contribution >= 4 is 0 Å². The van der Waals surface area contributed by atoms with Crippen LogP contribution < -0.4 is 5.73 Å². The van der Waals surface area contributed by atoms with E-state index in [0.29, 0.717) is 23.5 Å². The molecule has 0 aliphatic heterocycles. The van der Waals surface area contributed by atoms with Crippen LogP contribution in [-0.4, -0.2) is 19.9 Å². The van der Waals surface area contributed by atoms with E-state index in [2.05, 4.69) is 29.1 Å². The summed E-state index contributed by atoms with van der Waals surface area (Å²) in [5, 5.41) is 8.46. The average Bonchev–Trinajstić information content (AvgIpc) is 3.08. The fourth-order valence-electron chi connectivity index (χ4n) is 2.50. The summed E-state index contributed by atoms with van der Waals surface area (Å²) in [6.45, 7) is 4.15. The van der Waals surface area contributed by atoms with Gasteiger partial charge in [-0.1, -0.05) is 18.0 Å². The van der Waals surface area contributed by atoms with E-state index in [1.54, 1.807) is 0 Å². The standard InChI is InChI=1S/C13H19N5O/c1-9(2)18-8-5-10(16-18)11-15-12(17-19-11)13(14)6-3-4-7-13/h5,8-9H,3-4,6-7,14H2,1-2H3. The largest absolute Gasteiger partial charge is 0.332 e. The fraction of sp³-hybridized carbons (Fsp3) is 0.615. The van der Waals surface area contributed by atoms with Gasteiger partial charge in [-0.3, -0.25) is 4.68 Å². The van der Waals surface area contributed by atoms with Gasteiger partial charge in [0.2, 0.25) is 0 Å². The average molecular weight is 261 g/mol. The maximum absolute atomic E-state index is 6.31. The molecular weight excluding hydrogens is 242 g/mol. The Kier molecular flexibility index (Phi) is 2.89. The first kappa shape index (κ1) is 12.3. The van der Waals surface area contributed by atoms with Gasteiger partial charge in [0.15, 0.2) is 11.5 Å². The molecule has 0 unspecified atom stereocenters. The molecule has 1 aliphatic rings. The lowest BCUT2D eigenvalue weighted by atomic mass is 9.99. The van der Waals surface area contributed by atoms with Crippen LogP contribution in [0.3, 0.4) is 0 Å². The Balaban J connectivity index is 1.88. The molecule has 0 spiro atoms. The zero-order chi connectivity index (χ0) is 13.5. The first-order valence-corrected chi connectivity index (χ1v) is 6.77. The van der Waals surface area contributed by atoms with Crippen molar-refractivity contribution in [3.05, 3.63) is 18.1 Å². The molecule has 102 valence electrons. The summed E-state index contributed by atoms with van der Waals surface area (Å²) in [6, 6.07) is 2.20. The molecule has 2 N–H and O–H groups in total. The number of nitrogens with two attached hydrogens (primary N) is 1. The van der Waals surface area contributed by atoms with Crippen molar-refractivity contribution in [1.82, 2.24) is 19.9 Å². The molecule has 3 rings (SSSR count). The summed E-state index contributed by atoms with van der Waals surface area (Å²) in [6.07, 6.45) is 6.02. The molecule has 1 saturated carbocycles. The zero-order valence-electron chi connectivity index (χ0n) is 11.3. The number of aromatic nitrogens is 4. The summed E-state index contributed by atoms with van der Waals surface area (Å²) in [4.78, 5) is 4.43. The van der Waals surface area contributed by atoms with Gasteiger partial charge in [0.25, 0.3) is 5.89 Å². The highest BCUT2D eigenvalue weighted by molar-refractivity contribution is 5.45. The van der Waals surface area contributed by atoms with Crippen LogP contribution in [0.15, 0.2) is 16.8 Å². The molecule has 0 saturated heterocycles. The summed E-state index contributed by atoms with van der Waals surface area (Å²) in [5.74, 6) is 1.06. The molecule has 19 heavy (non-hydrogen) atoms. The second-order valence-corrected chi connectivity index (χ2v) is 5.56. The molecule has 0 aromatic carbocycles. The molecule has 2 aromatic rings. The van der Waals surface area contributed by atoms with Gasteiger partial charge in [0.05, 0.1) is 5.54 Å². The van der Waals surface area contributed by atoms with E-state index in [1.807, 2.05) is 16.9 Å². The van der Waals surface area contributed by atoms with E-state index in [-0.39, 0.29) is 0 Å². The molecular formula is C13H19N5O. The third kappa shape index (κ3) is 2.16. The van der Waals surface area contributed by atoms with Crippen molar-refractivity contribution in [2.45, 2.75) is 51.1 Å². The number of hydrogen-bond acceptors (Lipinski definition) is 5. The smallest absolute Gasteiger partial charge is 0.278 e. The highest BCUT2D eigenvalue weighted by Crippen LogP contribution is 2.35. The summed E-state index contributed by atoms with van der Waals surface area (Å²) < 4.78 is 7.17. The van der Waals surface area contributed by atoms with E-state index >= 15 is 0 Å². The van der Waals surface area contributed by atoms with Crippen molar-refractivity contribution in [3.63, 3.8) is 0 Å². The predicted molar refractivity (Wildman–Crippen MR) is 70.2 cm³/mol. The minimum absolute atomic E-state index is 0.312. The minimum atomic E-state index is -0.414. The maximum Gasteiger partial charge on any atom is 0.278 e. The van der Waals surface area contributed by atoms with Crippen LogP contribution in [0.5, 0.6) is 0 Å². The lowest BCUT2D eigenvalue weighted by Gasteiger charge is -2.17. The zero-order valence-corrected chi connectivity index (χ0v) is 11.3. The molecule has 6 nitrogen and oxygen atoms in total. The molecule has 1 aliphatic carbocycles. The molecule has 2 aromatic heterocycles. The third-order valence-corrected chi connectivity index (χ3v) is 3.72. The lowest BCUT2D eigenvalue weighted by molar-refractivity contribution is 0.372. The van der Waals surface area contributed by atoms with Crippen LogP contribution >= 0.6 is 0 Å². The molecule has 1 fully saturated rings.